The SMILES string of the molecule is N/C=N/C(=C\O)C(=O)NC1C=C(c2ccc(CN3CCNCC3)nc2)C=CC1Cl. The van der Waals surface area contributed by atoms with Gasteiger partial charge in [0, 0.05) is 38.9 Å². The maximum Gasteiger partial charge on any atom is 0.273 e. The van der Waals surface area contributed by atoms with Gasteiger partial charge in [-0.15, -0.1) is 11.6 Å². The number of hydrogen-bond donors (Lipinski definition) is 4. The molecule has 1 aromatic heterocycles. The fourth-order valence-electron chi connectivity index (χ4n) is 3.21. The highest BCUT2D eigenvalue weighted by atomic mass is 35.5. The van der Waals surface area contributed by atoms with Crippen molar-refractivity contribution in [2.45, 2.75) is 18.0 Å². The molecule has 1 aliphatic heterocycles. The molecule has 1 amide bonds. The summed E-state index contributed by atoms with van der Waals surface area (Å²) in [6, 6.07) is 3.58. The van der Waals surface area contributed by atoms with E-state index >= 15 is 0 Å². The van der Waals surface area contributed by atoms with Gasteiger partial charge in [0.05, 0.1) is 23.5 Å². The van der Waals surface area contributed by atoms with Gasteiger partial charge in [0.25, 0.3) is 5.91 Å². The summed E-state index contributed by atoms with van der Waals surface area (Å²) in [5.74, 6) is -0.569. The predicted octanol–water partition coefficient (Wildman–Crippen LogP) is 0.919. The lowest BCUT2D eigenvalue weighted by Gasteiger charge is -2.26. The van der Waals surface area contributed by atoms with Crippen molar-refractivity contribution in [3.8, 4) is 0 Å². The first-order chi connectivity index (χ1) is 14.1. The topological polar surface area (TPSA) is 116 Å². The minimum absolute atomic E-state index is 0.195. The Morgan fingerprint density at radius 2 is 2.24 bits per heavy atom. The second-order valence-corrected chi connectivity index (χ2v) is 7.29. The van der Waals surface area contributed by atoms with Crippen molar-refractivity contribution in [2.75, 3.05) is 26.2 Å². The number of aromatic nitrogens is 1. The summed E-state index contributed by atoms with van der Waals surface area (Å²) >= 11 is 6.32. The van der Waals surface area contributed by atoms with Crippen molar-refractivity contribution < 1.29 is 9.90 Å². The lowest BCUT2D eigenvalue weighted by atomic mass is 9.97. The van der Waals surface area contributed by atoms with E-state index in [-0.39, 0.29) is 5.70 Å². The van der Waals surface area contributed by atoms with Crippen LogP contribution in [0.5, 0.6) is 0 Å². The molecular formula is C20H25ClN6O2. The third-order valence-corrected chi connectivity index (χ3v) is 5.20. The first-order valence-corrected chi connectivity index (χ1v) is 9.86. The summed E-state index contributed by atoms with van der Waals surface area (Å²) in [5.41, 5.74) is 7.86. The molecule has 1 saturated heterocycles. The Bertz CT molecular complexity index is 828. The number of nitrogens with zero attached hydrogens (tertiary/aromatic N) is 3. The number of nitrogens with one attached hydrogen (secondary N) is 2. The molecule has 2 atom stereocenters. The average molecular weight is 417 g/mol. The Balaban J connectivity index is 1.68. The fourth-order valence-corrected chi connectivity index (χ4v) is 3.42. The molecule has 2 aliphatic rings. The second-order valence-electron chi connectivity index (χ2n) is 6.78. The summed E-state index contributed by atoms with van der Waals surface area (Å²) in [7, 11) is 0. The maximum atomic E-state index is 12.2. The molecule has 0 spiro atoms. The molecular weight excluding hydrogens is 392 g/mol. The molecule has 1 aromatic rings. The molecule has 8 nitrogen and oxygen atoms in total. The summed E-state index contributed by atoms with van der Waals surface area (Å²) in [5, 5.41) is 14.8. The molecule has 29 heavy (non-hydrogen) atoms. The number of nitrogens with two attached hydrogens (primary N) is 1. The van der Waals surface area contributed by atoms with E-state index in [1.54, 1.807) is 0 Å². The zero-order valence-electron chi connectivity index (χ0n) is 16.0. The number of amides is 1. The average Bonchev–Trinajstić information content (AvgIpc) is 2.75. The van der Waals surface area contributed by atoms with Crippen LogP contribution in [-0.4, -0.2) is 64.8 Å². The van der Waals surface area contributed by atoms with Gasteiger partial charge in [-0.25, -0.2) is 4.99 Å². The molecule has 5 N–H and O–H groups in total. The van der Waals surface area contributed by atoms with Crippen LogP contribution < -0.4 is 16.4 Å². The molecule has 2 unspecified atom stereocenters. The van der Waals surface area contributed by atoms with Crippen LogP contribution in [0.3, 0.4) is 0 Å². The number of alkyl halides is 1. The standard InChI is InChI=1S/C20H25ClN6O2/c21-17-4-2-14(9-18(17)26-20(29)19(12-28)25-13-22)15-1-3-16(24-10-15)11-27-7-5-23-6-8-27/h1-4,9-10,12-13,17-18,23,28H,5-8,11H2,(H2,22,25)(H,26,29)/b19-12-. The lowest BCUT2D eigenvalue weighted by molar-refractivity contribution is -0.118. The molecule has 1 aliphatic carbocycles. The Hall–Kier alpha value is -2.68. The number of halogens is 1. The van der Waals surface area contributed by atoms with Crippen LogP contribution in [0.25, 0.3) is 5.57 Å². The molecule has 154 valence electrons. The molecule has 0 aromatic carbocycles. The molecule has 0 saturated carbocycles. The minimum atomic E-state index is -0.569. The first kappa shape index (κ1) is 21.0. The van der Waals surface area contributed by atoms with Crippen LogP contribution in [0, 0.1) is 0 Å². The van der Waals surface area contributed by atoms with Crippen molar-refractivity contribution >= 4 is 29.4 Å². The maximum absolute atomic E-state index is 12.2. The van der Waals surface area contributed by atoms with Crippen molar-refractivity contribution in [1.29, 1.82) is 0 Å². The van der Waals surface area contributed by atoms with Gasteiger partial charge in [-0.1, -0.05) is 24.3 Å². The van der Waals surface area contributed by atoms with Gasteiger partial charge in [0.2, 0.25) is 0 Å². The van der Waals surface area contributed by atoms with E-state index < -0.39 is 17.3 Å². The Morgan fingerprint density at radius 3 is 2.90 bits per heavy atom. The monoisotopic (exact) mass is 416 g/mol. The van der Waals surface area contributed by atoms with E-state index in [9.17, 15) is 4.79 Å². The zero-order valence-corrected chi connectivity index (χ0v) is 16.7. The first-order valence-electron chi connectivity index (χ1n) is 9.42. The summed E-state index contributed by atoms with van der Waals surface area (Å²) < 4.78 is 0. The zero-order chi connectivity index (χ0) is 20.6. The fraction of sp³-hybridized carbons (Fsp3) is 0.350. The molecule has 0 radical (unpaired) electrons. The predicted molar refractivity (Wildman–Crippen MR) is 114 cm³/mol. The lowest BCUT2D eigenvalue weighted by Crippen LogP contribution is -2.43. The molecule has 1 fully saturated rings. The third-order valence-electron chi connectivity index (χ3n) is 4.78. The van der Waals surface area contributed by atoms with Crippen molar-refractivity contribution in [1.82, 2.24) is 20.5 Å². The van der Waals surface area contributed by atoms with Gasteiger partial charge < -0.3 is 21.5 Å². The highest BCUT2D eigenvalue weighted by Crippen LogP contribution is 2.24. The molecule has 0 bridgehead atoms. The number of rotatable bonds is 6. The third kappa shape index (κ3) is 5.66. The Kier molecular flexibility index (Phi) is 7.40. The van der Waals surface area contributed by atoms with E-state index in [0.717, 1.165) is 55.9 Å². The summed E-state index contributed by atoms with van der Waals surface area (Å²) in [6.07, 6.45) is 8.96. The number of aliphatic hydroxyl groups excluding tert-OH is 1. The van der Waals surface area contributed by atoms with E-state index in [1.165, 1.54) is 0 Å². The Labute approximate surface area is 174 Å². The van der Waals surface area contributed by atoms with Crippen LogP contribution in [0.15, 0.2) is 53.5 Å². The van der Waals surface area contributed by atoms with Gasteiger partial charge in [-0.2, -0.15) is 0 Å². The minimum Gasteiger partial charge on any atom is -0.513 e. The van der Waals surface area contributed by atoms with Crippen molar-refractivity contribution in [2.24, 2.45) is 10.7 Å². The van der Waals surface area contributed by atoms with Crippen LogP contribution in [-0.2, 0) is 11.3 Å². The van der Waals surface area contributed by atoms with Crippen molar-refractivity contribution in [3.05, 3.63) is 59.8 Å². The molecule has 9 heteroatoms. The number of pyridine rings is 1. The quantitative estimate of drug-likeness (QED) is 0.180. The number of piperazine rings is 1. The van der Waals surface area contributed by atoms with Crippen molar-refractivity contribution in [3.63, 3.8) is 0 Å². The number of allylic oxidation sites excluding steroid dienone is 2. The van der Waals surface area contributed by atoms with E-state index in [0.29, 0.717) is 6.26 Å². The van der Waals surface area contributed by atoms with Crippen LogP contribution >= 0.6 is 11.6 Å². The number of aliphatic imine (C=N–C) groups is 1. The summed E-state index contributed by atoms with van der Waals surface area (Å²) in [6.45, 7) is 4.89. The normalized spacial score (nSPS) is 23.2. The molecule has 3 rings (SSSR count). The highest BCUT2D eigenvalue weighted by Gasteiger charge is 2.23. The van der Waals surface area contributed by atoms with Gasteiger partial charge in [-0.05, 0) is 17.2 Å². The second kappa shape index (κ2) is 10.2. The van der Waals surface area contributed by atoms with Crippen LogP contribution in [0.4, 0.5) is 0 Å². The number of aliphatic hydroxyl groups is 1. The number of carbonyl (C=O) groups is 1. The largest absolute Gasteiger partial charge is 0.513 e. The van der Waals surface area contributed by atoms with E-state index in [4.69, 9.17) is 22.4 Å². The van der Waals surface area contributed by atoms with E-state index in [1.807, 2.05) is 36.6 Å². The molecule has 2 heterocycles. The van der Waals surface area contributed by atoms with E-state index in [2.05, 4.69) is 25.5 Å². The van der Waals surface area contributed by atoms with Gasteiger partial charge >= 0.3 is 0 Å². The number of carbonyl (C=O) groups excluding carboxylic acids is 1. The van der Waals surface area contributed by atoms with Crippen LogP contribution in [0.2, 0.25) is 0 Å². The number of hydrogen-bond acceptors (Lipinski definition) is 6. The van der Waals surface area contributed by atoms with Gasteiger partial charge in [0.15, 0.2) is 5.70 Å². The van der Waals surface area contributed by atoms with Gasteiger partial charge in [-0.3, -0.25) is 14.7 Å². The Morgan fingerprint density at radius 1 is 1.45 bits per heavy atom. The highest BCUT2D eigenvalue weighted by molar-refractivity contribution is 6.23. The summed E-state index contributed by atoms with van der Waals surface area (Å²) in [4.78, 5) is 22.8. The van der Waals surface area contributed by atoms with Gasteiger partial charge in [0.1, 0.15) is 6.26 Å². The van der Waals surface area contributed by atoms with Crippen LogP contribution in [0.1, 0.15) is 11.3 Å². The smallest absolute Gasteiger partial charge is 0.273 e.